The maximum absolute atomic E-state index is 12.2. The molecule has 1 saturated heterocycles. The molecule has 1 amide bonds. The highest BCUT2D eigenvalue weighted by atomic mass is 16.5. The summed E-state index contributed by atoms with van der Waals surface area (Å²) in [5.74, 6) is 1.29. The van der Waals surface area contributed by atoms with E-state index < -0.39 is 0 Å². The van der Waals surface area contributed by atoms with Crippen LogP contribution in [-0.2, 0) is 0 Å². The third kappa shape index (κ3) is 4.46. The van der Waals surface area contributed by atoms with Gasteiger partial charge in [0, 0.05) is 24.7 Å². The largest absolute Gasteiger partial charge is 0.494 e. The molecular weight excluding hydrogens is 264 g/mol. The number of nitrogens with zero attached hydrogens (tertiary/aromatic N) is 1. The number of hydrogen-bond acceptors (Lipinski definition) is 3. The zero-order chi connectivity index (χ0) is 15.2. The number of carbonyl (C=O) groups excluding carboxylic acids is 1. The van der Waals surface area contributed by atoms with Gasteiger partial charge in [0.15, 0.2) is 0 Å². The summed E-state index contributed by atoms with van der Waals surface area (Å²) in [6.45, 7) is 9.96. The van der Waals surface area contributed by atoms with Gasteiger partial charge >= 0.3 is 0 Å². The molecule has 0 radical (unpaired) electrons. The van der Waals surface area contributed by atoms with Crippen LogP contribution in [0.2, 0.25) is 0 Å². The quantitative estimate of drug-likeness (QED) is 0.875. The first-order chi connectivity index (χ1) is 10.1. The van der Waals surface area contributed by atoms with Crippen molar-refractivity contribution in [2.45, 2.75) is 33.2 Å². The number of carbonyl (C=O) groups is 1. The van der Waals surface area contributed by atoms with E-state index in [1.165, 1.54) is 0 Å². The zero-order valence-corrected chi connectivity index (χ0v) is 13.3. The molecule has 4 heteroatoms. The Labute approximate surface area is 127 Å². The molecule has 1 heterocycles. The van der Waals surface area contributed by atoms with Crippen molar-refractivity contribution >= 4 is 5.91 Å². The van der Waals surface area contributed by atoms with E-state index in [0.717, 1.165) is 31.8 Å². The van der Waals surface area contributed by atoms with Crippen molar-refractivity contribution in [1.29, 1.82) is 0 Å². The summed E-state index contributed by atoms with van der Waals surface area (Å²) in [5, 5.41) is 3.05. The van der Waals surface area contributed by atoms with Gasteiger partial charge in [-0.05, 0) is 57.9 Å². The lowest BCUT2D eigenvalue weighted by Gasteiger charge is -2.20. The van der Waals surface area contributed by atoms with Gasteiger partial charge in [-0.2, -0.15) is 0 Å². The Morgan fingerprint density at radius 3 is 2.95 bits per heavy atom. The van der Waals surface area contributed by atoms with Crippen molar-refractivity contribution in [3.8, 4) is 5.75 Å². The minimum absolute atomic E-state index is 0.0143. The summed E-state index contributed by atoms with van der Waals surface area (Å²) in [6.07, 6.45) is 1.16. The van der Waals surface area contributed by atoms with E-state index in [0.29, 0.717) is 24.1 Å². The van der Waals surface area contributed by atoms with Gasteiger partial charge in [0.1, 0.15) is 5.75 Å². The highest BCUT2D eigenvalue weighted by molar-refractivity contribution is 5.94. The Morgan fingerprint density at radius 2 is 2.29 bits per heavy atom. The minimum Gasteiger partial charge on any atom is -0.494 e. The minimum atomic E-state index is -0.0143. The van der Waals surface area contributed by atoms with Crippen molar-refractivity contribution in [3.05, 3.63) is 29.8 Å². The summed E-state index contributed by atoms with van der Waals surface area (Å²) in [5.41, 5.74) is 0.666. The van der Waals surface area contributed by atoms with Gasteiger partial charge in [0.2, 0.25) is 0 Å². The third-order valence-electron chi connectivity index (χ3n) is 4.01. The Kier molecular flexibility index (Phi) is 5.62. The van der Waals surface area contributed by atoms with E-state index in [4.69, 9.17) is 4.74 Å². The fraction of sp³-hybridized carbons (Fsp3) is 0.588. The molecular formula is C17H26N2O2. The van der Waals surface area contributed by atoms with Gasteiger partial charge in [-0.15, -0.1) is 0 Å². The predicted octanol–water partition coefficient (Wildman–Crippen LogP) is 2.55. The zero-order valence-electron chi connectivity index (χ0n) is 13.3. The highest BCUT2D eigenvalue weighted by Gasteiger charge is 2.24. The molecule has 0 unspecified atom stereocenters. The van der Waals surface area contributed by atoms with Crippen molar-refractivity contribution in [3.63, 3.8) is 0 Å². The predicted molar refractivity (Wildman–Crippen MR) is 84.8 cm³/mol. The Bertz CT molecular complexity index is 474. The average Bonchev–Trinajstić information content (AvgIpc) is 2.94. The van der Waals surface area contributed by atoms with Crippen LogP contribution in [0.5, 0.6) is 5.75 Å². The second-order valence-corrected chi connectivity index (χ2v) is 5.91. The first-order valence-electron chi connectivity index (χ1n) is 7.85. The Morgan fingerprint density at radius 1 is 1.48 bits per heavy atom. The van der Waals surface area contributed by atoms with Crippen LogP contribution in [0.1, 0.15) is 37.6 Å². The SMILES string of the molecule is CCOc1cccc(C(=O)NC[C@@H]2CCN(C(C)C)C2)c1. The number of likely N-dealkylation sites (tertiary alicyclic amines) is 1. The number of nitrogens with one attached hydrogen (secondary N) is 1. The fourth-order valence-electron chi connectivity index (χ4n) is 2.73. The lowest BCUT2D eigenvalue weighted by Crippen LogP contribution is -2.32. The molecule has 0 aliphatic carbocycles. The molecule has 0 spiro atoms. The van der Waals surface area contributed by atoms with E-state index in [1.807, 2.05) is 25.1 Å². The molecule has 2 rings (SSSR count). The monoisotopic (exact) mass is 290 g/mol. The lowest BCUT2D eigenvalue weighted by molar-refractivity contribution is 0.0946. The van der Waals surface area contributed by atoms with Crippen LogP contribution in [-0.4, -0.2) is 43.1 Å². The Hall–Kier alpha value is -1.55. The molecule has 21 heavy (non-hydrogen) atoms. The van der Waals surface area contributed by atoms with Gasteiger partial charge < -0.3 is 15.0 Å². The van der Waals surface area contributed by atoms with Crippen LogP contribution >= 0.6 is 0 Å². The van der Waals surface area contributed by atoms with Crippen LogP contribution in [0.3, 0.4) is 0 Å². The number of amides is 1. The Balaban J connectivity index is 1.83. The van der Waals surface area contributed by atoms with Gasteiger partial charge in [-0.3, -0.25) is 4.79 Å². The molecule has 1 N–H and O–H groups in total. The second kappa shape index (κ2) is 7.46. The number of benzene rings is 1. The normalized spacial score (nSPS) is 19.0. The van der Waals surface area contributed by atoms with E-state index in [-0.39, 0.29) is 5.91 Å². The van der Waals surface area contributed by atoms with E-state index in [2.05, 4.69) is 24.1 Å². The summed E-state index contributed by atoms with van der Waals surface area (Å²) in [7, 11) is 0. The van der Waals surface area contributed by atoms with E-state index in [1.54, 1.807) is 6.07 Å². The van der Waals surface area contributed by atoms with Crippen LogP contribution in [0.25, 0.3) is 0 Å². The van der Waals surface area contributed by atoms with Crippen LogP contribution < -0.4 is 10.1 Å². The van der Waals surface area contributed by atoms with Crippen LogP contribution in [0, 0.1) is 5.92 Å². The number of ether oxygens (including phenoxy) is 1. The first kappa shape index (κ1) is 15.8. The molecule has 1 aliphatic heterocycles. The fourth-order valence-corrected chi connectivity index (χ4v) is 2.73. The summed E-state index contributed by atoms with van der Waals surface area (Å²) < 4.78 is 5.43. The molecule has 4 nitrogen and oxygen atoms in total. The average molecular weight is 290 g/mol. The van der Waals surface area contributed by atoms with Crippen LogP contribution in [0.15, 0.2) is 24.3 Å². The molecule has 1 atom stereocenters. The topological polar surface area (TPSA) is 41.6 Å². The highest BCUT2D eigenvalue weighted by Crippen LogP contribution is 2.18. The molecule has 1 aromatic rings. The van der Waals surface area contributed by atoms with E-state index >= 15 is 0 Å². The molecule has 1 aliphatic rings. The standard InChI is InChI=1S/C17H26N2O2/c1-4-21-16-7-5-6-15(10-16)17(20)18-11-14-8-9-19(12-14)13(2)3/h5-7,10,13-14H,4,8-9,11-12H2,1-3H3,(H,18,20)/t14-/m0/s1. The van der Waals surface area contributed by atoms with Gasteiger partial charge in [-0.1, -0.05) is 6.07 Å². The van der Waals surface area contributed by atoms with Gasteiger partial charge in [-0.25, -0.2) is 0 Å². The maximum Gasteiger partial charge on any atom is 0.251 e. The summed E-state index contributed by atoms with van der Waals surface area (Å²) >= 11 is 0. The molecule has 1 fully saturated rings. The van der Waals surface area contributed by atoms with Gasteiger partial charge in [0.25, 0.3) is 5.91 Å². The summed E-state index contributed by atoms with van der Waals surface area (Å²) in [6, 6.07) is 7.95. The molecule has 116 valence electrons. The van der Waals surface area contributed by atoms with Gasteiger partial charge in [0.05, 0.1) is 6.61 Å². The van der Waals surface area contributed by atoms with Crippen molar-refractivity contribution in [2.24, 2.45) is 5.92 Å². The number of hydrogen-bond donors (Lipinski definition) is 1. The molecule has 1 aromatic carbocycles. The smallest absolute Gasteiger partial charge is 0.251 e. The molecule has 0 bridgehead atoms. The second-order valence-electron chi connectivity index (χ2n) is 5.91. The van der Waals surface area contributed by atoms with Crippen molar-refractivity contribution < 1.29 is 9.53 Å². The summed E-state index contributed by atoms with van der Waals surface area (Å²) in [4.78, 5) is 14.7. The first-order valence-corrected chi connectivity index (χ1v) is 7.85. The van der Waals surface area contributed by atoms with Crippen molar-refractivity contribution in [1.82, 2.24) is 10.2 Å². The van der Waals surface area contributed by atoms with E-state index in [9.17, 15) is 4.79 Å². The van der Waals surface area contributed by atoms with Crippen LogP contribution in [0.4, 0.5) is 0 Å². The third-order valence-corrected chi connectivity index (χ3v) is 4.01. The lowest BCUT2D eigenvalue weighted by atomic mass is 10.1. The number of rotatable bonds is 6. The molecule has 0 aromatic heterocycles. The maximum atomic E-state index is 12.2. The molecule has 0 saturated carbocycles. The van der Waals surface area contributed by atoms with Crippen molar-refractivity contribution in [2.75, 3.05) is 26.2 Å².